The van der Waals surface area contributed by atoms with Gasteiger partial charge in [-0.3, -0.25) is 4.79 Å². The Morgan fingerprint density at radius 3 is 2.42 bits per heavy atom. The molecule has 1 aromatic heterocycles. The highest BCUT2D eigenvalue weighted by atomic mass is 79.9. The number of amides is 1. The van der Waals surface area contributed by atoms with Crippen LogP contribution in [-0.2, 0) is 0 Å². The number of nitrogens with zero attached hydrogens (tertiary/aromatic N) is 3. The number of hydrogen-bond donors (Lipinski definition) is 1. The van der Waals surface area contributed by atoms with Crippen molar-refractivity contribution in [2.75, 3.05) is 23.3 Å². The van der Waals surface area contributed by atoms with E-state index in [0.717, 1.165) is 47.5 Å². The van der Waals surface area contributed by atoms with Crippen LogP contribution in [0, 0.1) is 6.92 Å². The van der Waals surface area contributed by atoms with Crippen molar-refractivity contribution in [3.63, 3.8) is 0 Å². The van der Waals surface area contributed by atoms with E-state index < -0.39 is 0 Å². The number of carbonyl (C=O) groups excluding carboxylic acids is 1. The lowest BCUT2D eigenvalue weighted by atomic mass is 10.2. The van der Waals surface area contributed by atoms with E-state index >= 15 is 0 Å². The van der Waals surface area contributed by atoms with Crippen molar-refractivity contribution in [1.82, 2.24) is 9.97 Å². The van der Waals surface area contributed by atoms with Gasteiger partial charge in [-0.25, -0.2) is 9.97 Å². The summed E-state index contributed by atoms with van der Waals surface area (Å²) in [6.45, 7) is 8.12. The summed E-state index contributed by atoms with van der Waals surface area (Å²) in [5, 5.41) is 2.85. The Labute approximate surface area is 151 Å². The summed E-state index contributed by atoms with van der Waals surface area (Å²) < 4.78 is 1.01. The van der Waals surface area contributed by atoms with Gasteiger partial charge >= 0.3 is 0 Å². The SMILES string of the molecule is CCCN(CCC)c1cnc(C(=O)Nc2ccc(Br)c(C)c2)cn1. The Bertz CT molecular complexity index is 682. The zero-order valence-corrected chi connectivity index (χ0v) is 15.9. The molecule has 2 rings (SSSR count). The van der Waals surface area contributed by atoms with Gasteiger partial charge in [0.1, 0.15) is 11.5 Å². The van der Waals surface area contributed by atoms with Gasteiger partial charge in [-0.2, -0.15) is 0 Å². The first-order valence-corrected chi connectivity index (χ1v) is 8.99. The first-order chi connectivity index (χ1) is 11.5. The number of aromatic nitrogens is 2. The molecule has 0 atom stereocenters. The fourth-order valence-electron chi connectivity index (χ4n) is 2.40. The summed E-state index contributed by atoms with van der Waals surface area (Å²) >= 11 is 3.45. The summed E-state index contributed by atoms with van der Waals surface area (Å²) in [6, 6.07) is 5.67. The molecule has 1 heterocycles. The maximum absolute atomic E-state index is 12.3. The van der Waals surface area contributed by atoms with E-state index in [0.29, 0.717) is 5.69 Å². The molecule has 0 saturated carbocycles. The third-order valence-corrected chi connectivity index (χ3v) is 4.49. The van der Waals surface area contributed by atoms with E-state index in [1.807, 2.05) is 25.1 Å². The predicted octanol–water partition coefficient (Wildman–Crippen LogP) is 4.43. The number of hydrogen-bond acceptors (Lipinski definition) is 4. The molecule has 24 heavy (non-hydrogen) atoms. The van der Waals surface area contributed by atoms with Crippen LogP contribution in [0.5, 0.6) is 0 Å². The van der Waals surface area contributed by atoms with Crippen LogP contribution in [0.4, 0.5) is 11.5 Å². The second-order valence-electron chi connectivity index (χ2n) is 5.66. The molecule has 1 aromatic carbocycles. The molecule has 0 radical (unpaired) electrons. The molecule has 0 saturated heterocycles. The van der Waals surface area contributed by atoms with Crippen molar-refractivity contribution < 1.29 is 4.79 Å². The Kier molecular flexibility index (Phi) is 6.73. The van der Waals surface area contributed by atoms with Gasteiger partial charge in [0.25, 0.3) is 5.91 Å². The Morgan fingerprint density at radius 1 is 1.17 bits per heavy atom. The second-order valence-corrected chi connectivity index (χ2v) is 6.52. The van der Waals surface area contributed by atoms with Gasteiger partial charge < -0.3 is 10.2 Å². The van der Waals surface area contributed by atoms with Gasteiger partial charge in [-0.05, 0) is 43.5 Å². The molecule has 2 aromatic rings. The van der Waals surface area contributed by atoms with Crippen LogP contribution in [0.15, 0.2) is 35.1 Å². The highest BCUT2D eigenvalue weighted by molar-refractivity contribution is 9.10. The van der Waals surface area contributed by atoms with Crippen LogP contribution in [0.2, 0.25) is 0 Å². The Balaban J connectivity index is 2.08. The van der Waals surface area contributed by atoms with E-state index in [2.05, 4.69) is 50.0 Å². The molecule has 0 aliphatic rings. The molecule has 5 nitrogen and oxygen atoms in total. The Hall–Kier alpha value is -1.95. The van der Waals surface area contributed by atoms with Gasteiger partial charge in [-0.1, -0.05) is 29.8 Å². The standard InChI is InChI=1S/C18H23BrN4O/c1-4-8-23(9-5-2)17-12-20-16(11-21-17)18(24)22-14-6-7-15(19)13(3)10-14/h6-7,10-12H,4-5,8-9H2,1-3H3,(H,22,24). The van der Waals surface area contributed by atoms with Crippen molar-refractivity contribution in [1.29, 1.82) is 0 Å². The highest BCUT2D eigenvalue weighted by Crippen LogP contribution is 2.20. The fraction of sp³-hybridized carbons (Fsp3) is 0.389. The van der Waals surface area contributed by atoms with Crippen molar-refractivity contribution in [3.05, 3.63) is 46.3 Å². The summed E-state index contributed by atoms with van der Waals surface area (Å²) in [4.78, 5) is 23.2. The number of aryl methyl sites for hydroxylation is 1. The molecule has 128 valence electrons. The smallest absolute Gasteiger partial charge is 0.275 e. The molecule has 6 heteroatoms. The largest absolute Gasteiger partial charge is 0.355 e. The highest BCUT2D eigenvalue weighted by Gasteiger charge is 2.11. The molecule has 0 spiro atoms. The van der Waals surface area contributed by atoms with E-state index in [1.54, 1.807) is 6.20 Å². The zero-order valence-electron chi connectivity index (χ0n) is 14.3. The molecule has 0 aliphatic carbocycles. The normalized spacial score (nSPS) is 10.5. The van der Waals surface area contributed by atoms with E-state index in [9.17, 15) is 4.79 Å². The van der Waals surface area contributed by atoms with Crippen LogP contribution >= 0.6 is 15.9 Å². The third kappa shape index (κ3) is 4.77. The second kappa shape index (κ2) is 8.78. The van der Waals surface area contributed by atoms with Gasteiger partial charge in [-0.15, -0.1) is 0 Å². The molecular formula is C18H23BrN4O. The van der Waals surface area contributed by atoms with Crippen LogP contribution in [0.3, 0.4) is 0 Å². The molecular weight excluding hydrogens is 368 g/mol. The minimum Gasteiger partial charge on any atom is -0.355 e. The van der Waals surface area contributed by atoms with Crippen LogP contribution < -0.4 is 10.2 Å². The predicted molar refractivity (Wildman–Crippen MR) is 102 cm³/mol. The molecule has 1 N–H and O–H groups in total. The topological polar surface area (TPSA) is 58.1 Å². The number of nitrogens with one attached hydrogen (secondary N) is 1. The lowest BCUT2D eigenvalue weighted by Gasteiger charge is -2.22. The van der Waals surface area contributed by atoms with Crippen molar-refractivity contribution >= 4 is 33.3 Å². The Morgan fingerprint density at radius 2 is 1.88 bits per heavy atom. The minimum atomic E-state index is -0.256. The fourth-order valence-corrected chi connectivity index (χ4v) is 2.65. The first-order valence-electron chi connectivity index (χ1n) is 8.19. The quantitative estimate of drug-likeness (QED) is 0.759. The molecule has 1 amide bonds. The average Bonchev–Trinajstić information content (AvgIpc) is 2.58. The number of halogens is 1. The maximum atomic E-state index is 12.3. The van der Waals surface area contributed by atoms with Crippen LogP contribution in [0.1, 0.15) is 42.7 Å². The van der Waals surface area contributed by atoms with Gasteiger partial charge in [0.15, 0.2) is 0 Å². The van der Waals surface area contributed by atoms with Crippen molar-refractivity contribution in [3.8, 4) is 0 Å². The summed E-state index contributed by atoms with van der Waals surface area (Å²) in [6.07, 6.45) is 5.31. The molecule has 0 aliphatic heterocycles. The molecule has 0 unspecified atom stereocenters. The summed E-state index contributed by atoms with van der Waals surface area (Å²) in [5.74, 6) is 0.558. The van der Waals surface area contributed by atoms with Crippen molar-refractivity contribution in [2.24, 2.45) is 0 Å². The van der Waals surface area contributed by atoms with Crippen LogP contribution in [0.25, 0.3) is 0 Å². The number of anilines is 2. The van der Waals surface area contributed by atoms with E-state index in [1.165, 1.54) is 6.20 Å². The monoisotopic (exact) mass is 390 g/mol. The molecule has 0 bridgehead atoms. The van der Waals surface area contributed by atoms with Crippen LogP contribution in [-0.4, -0.2) is 29.0 Å². The number of rotatable bonds is 7. The molecule has 0 fully saturated rings. The minimum absolute atomic E-state index is 0.256. The van der Waals surface area contributed by atoms with Gasteiger partial charge in [0.05, 0.1) is 12.4 Å². The first kappa shape index (κ1) is 18.4. The van der Waals surface area contributed by atoms with E-state index in [4.69, 9.17) is 0 Å². The van der Waals surface area contributed by atoms with Gasteiger partial charge in [0, 0.05) is 23.2 Å². The summed E-state index contributed by atoms with van der Waals surface area (Å²) in [5.41, 5.74) is 2.11. The summed E-state index contributed by atoms with van der Waals surface area (Å²) in [7, 11) is 0. The number of carbonyl (C=O) groups is 1. The van der Waals surface area contributed by atoms with E-state index in [-0.39, 0.29) is 5.91 Å². The van der Waals surface area contributed by atoms with Gasteiger partial charge in [0.2, 0.25) is 0 Å². The number of benzene rings is 1. The third-order valence-electron chi connectivity index (χ3n) is 3.60. The maximum Gasteiger partial charge on any atom is 0.275 e. The lowest BCUT2D eigenvalue weighted by Crippen LogP contribution is -2.26. The lowest BCUT2D eigenvalue weighted by molar-refractivity contribution is 0.102. The average molecular weight is 391 g/mol. The van der Waals surface area contributed by atoms with Crippen molar-refractivity contribution in [2.45, 2.75) is 33.6 Å². The zero-order chi connectivity index (χ0) is 17.5.